The Bertz CT molecular complexity index is 1160. The summed E-state index contributed by atoms with van der Waals surface area (Å²) in [6.07, 6.45) is 0. The van der Waals surface area contributed by atoms with Crippen LogP contribution in [0.2, 0.25) is 5.02 Å². The van der Waals surface area contributed by atoms with Crippen molar-refractivity contribution in [2.24, 2.45) is 0 Å². The number of aromatic nitrogens is 1. The number of amides is 1. The van der Waals surface area contributed by atoms with Gasteiger partial charge in [-0.2, -0.15) is 4.72 Å². The van der Waals surface area contributed by atoms with Gasteiger partial charge in [0.05, 0.1) is 16.8 Å². The number of aryl methyl sites for hydroxylation is 2. The Morgan fingerprint density at radius 2 is 1.73 bits per heavy atom. The maximum atomic E-state index is 12.6. The molecule has 0 fully saturated rings. The fraction of sp³-hybridized carbons (Fsp3) is 0.200. The van der Waals surface area contributed by atoms with Gasteiger partial charge in [0.2, 0.25) is 15.9 Å². The number of rotatable bonds is 7. The van der Waals surface area contributed by atoms with E-state index in [2.05, 4.69) is 15.2 Å². The first-order chi connectivity index (χ1) is 14.2. The van der Waals surface area contributed by atoms with E-state index < -0.39 is 22.0 Å². The van der Waals surface area contributed by atoms with E-state index in [1.165, 1.54) is 20.8 Å². The van der Waals surface area contributed by atoms with Crippen LogP contribution in [0.3, 0.4) is 0 Å². The van der Waals surface area contributed by atoms with Crippen LogP contribution in [0.25, 0.3) is 0 Å². The Hall–Kier alpha value is -2.88. The minimum Gasteiger partial charge on any atom is -0.454 e. The van der Waals surface area contributed by atoms with Gasteiger partial charge in [0.15, 0.2) is 11.5 Å². The third kappa shape index (κ3) is 4.81. The molecule has 0 aliphatic carbocycles. The van der Waals surface area contributed by atoms with Crippen LogP contribution < -0.4 is 14.8 Å². The quantitative estimate of drug-likeness (QED) is 0.563. The number of nitrogens with one attached hydrogen (secondary N) is 2. The topological polar surface area (TPSA) is 111 Å². The van der Waals surface area contributed by atoms with Crippen LogP contribution in [0.5, 0.6) is 11.5 Å². The molecule has 0 spiro atoms. The minimum absolute atomic E-state index is 0.0791. The lowest BCUT2D eigenvalue weighted by Crippen LogP contribution is -2.41. The lowest BCUT2D eigenvalue weighted by atomic mass is 10.2. The van der Waals surface area contributed by atoms with Crippen molar-refractivity contribution in [2.45, 2.75) is 31.7 Å². The lowest BCUT2D eigenvalue weighted by Gasteiger charge is -2.16. The summed E-state index contributed by atoms with van der Waals surface area (Å²) in [5.41, 5.74) is 0.580. The third-order valence-electron chi connectivity index (χ3n) is 4.16. The molecule has 3 aromatic rings. The Labute approximate surface area is 179 Å². The second-order valence-corrected chi connectivity index (χ2v) is 8.57. The lowest BCUT2D eigenvalue weighted by molar-refractivity contribution is -0.117. The minimum atomic E-state index is -3.99. The van der Waals surface area contributed by atoms with Crippen LogP contribution in [-0.4, -0.2) is 25.5 Å². The zero-order valence-electron chi connectivity index (χ0n) is 16.5. The molecule has 2 aromatic carbocycles. The molecular formula is C20H20ClN3O5S. The molecule has 8 nitrogen and oxygen atoms in total. The fourth-order valence-electron chi connectivity index (χ4n) is 2.75. The van der Waals surface area contributed by atoms with E-state index in [-0.39, 0.29) is 16.3 Å². The van der Waals surface area contributed by atoms with Crippen LogP contribution in [0.4, 0.5) is 5.69 Å². The number of carbonyl (C=O) groups is 1. The van der Waals surface area contributed by atoms with Crippen molar-refractivity contribution in [1.29, 1.82) is 0 Å². The number of para-hydroxylation sites is 3. The molecule has 0 bridgehead atoms. The molecule has 0 aliphatic heterocycles. The van der Waals surface area contributed by atoms with Crippen molar-refractivity contribution in [3.63, 3.8) is 0 Å². The van der Waals surface area contributed by atoms with E-state index in [0.29, 0.717) is 22.2 Å². The zero-order chi connectivity index (χ0) is 21.9. The first-order valence-electron chi connectivity index (χ1n) is 8.96. The van der Waals surface area contributed by atoms with E-state index >= 15 is 0 Å². The molecule has 0 radical (unpaired) electrons. The fourth-order valence-corrected chi connectivity index (χ4v) is 4.46. The molecule has 10 heteroatoms. The Balaban J connectivity index is 1.76. The van der Waals surface area contributed by atoms with Crippen LogP contribution in [0.15, 0.2) is 57.9 Å². The highest BCUT2D eigenvalue weighted by atomic mass is 35.5. The van der Waals surface area contributed by atoms with E-state index in [1.807, 2.05) is 0 Å². The van der Waals surface area contributed by atoms with Crippen molar-refractivity contribution in [3.8, 4) is 11.5 Å². The molecule has 0 aliphatic rings. The summed E-state index contributed by atoms with van der Waals surface area (Å²) in [5, 5.41) is 6.73. The number of sulfonamides is 1. The number of benzene rings is 2. The Kier molecular flexibility index (Phi) is 6.45. The predicted octanol–water partition coefficient (Wildman–Crippen LogP) is 4.04. The van der Waals surface area contributed by atoms with Crippen molar-refractivity contribution < 1.29 is 22.5 Å². The molecule has 2 N–H and O–H groups in total. The van der Waals surface area contributed by atoms with Gasteiger partial charge in [0.1, 0.15) is 16.3 Å². The van der Waals surface area contributed by atoms with Gasteiger partial charge in [0, 0.05) is 0 Å². The highest BCUT2D eigenvalue weighted by Crippen LogP contribution is 2.33. The van der Waals surface area contributed by atoms with Gasteiger partial charge in [-0.3, -0.25) is 4.79 Å². The van der Waals surface area contributed by atoms with Crippen molar-refractivity contribution in [1.82, 2.24) is 9.88 Å². The smallest absolute Gasteiger partial charge is 0.246 e. The second kappa shape index (κ2) is 8.86. The molecule has 0 saturated heterocycles. The molecule has 1 aromatic heterocycles. The highest BCUT2D eigenvalue weighted by molar-refractivity contribution is 7.89. The van der Waals surface area contributed by atoms with Gasteiger partial charge in [-0.05, 0) is 45.0 Å². The Morgan fingerprint density at radius 3 is 2.37 bits per heavy atom. The van der Waals surface area contributed by atoms with Crippen LogP contribution in [0, 0.1) is 13.8 Å². The largest absolute Gasteiger partial charge is 0.454 e. The van der Waals surface area contributed by atoms with Crippen molar-refractivity contribution in [2.75, 3.05) is 5.32 Å². The average Bonchev–Trinajstić information content (AvgIpc) is 3.03. The molecular weight excluding hydrogens is 430 g/mol. The number of carbonyl (C=O) groups excluding carboxylic acids is 1. The summed E-state index contributed by atoms with van der Waals surface area (Å²) in [7, 11) is -3.99. The first kappa shape index (κ1) is 21.8. The number of ether oxygens (including phenoxy) is 1. The molecule has 30 heavy (non-hydrogen) atoms. The van der Waals surface area contributed by atoms with Gasteiger partial charge in [0.25, 0.3) is 0 Å². The Morgan fingerprint density at radius 1 is 1.10 bits per heavy atom. The third-order valence-corrected chi connectivity index (χ3v) is 6.26. The van der Waals surface area contributed by atoms with Gasteiger partial charge in [-0.15, -0.1) is 0 Å². The number of anilines is 1. The van der Waals surface area contributed by atoms with Gasteiger partial charge >= 0.3 is 0 Å². The van der Waals surface area contributed by atoms with Crippen LogP contribution >= 0.6 is 11.6 Å². The summed E-state index contributed by atoms with van der Waals surface area (Å²) in [6.45, 7) is 4.43. The standard InChI is InChI=1S/C20H20ClN3O5S/c1-12-19(14(3)29-23-12)30(26,27)24-13(2)20(25)22-16-9-5-7-11-18(16)28-17-10-6-4-8-15(17)21/h4-11,13,24H,1-3H3,(H,22,25)/t13-/m0/s1. The molecule has 0 saturated carbocycles. The zero-order valence-corrected chi connectivity index (χ0v) is 18.0. The van der Waals surface area contributed by atoms with E-state index in [0.717, 1.165) is 0 Å². The summed E-state index contributed by atoms with van der Waals surface area (Å²) in [5.74, 6) is 0.361. The second-order valence-electron chi connectivity index (χ2n) is 6.51. The highest BCUT2D eigenvalue weighted by Gasteiger charge is 2.28. The molecule has 1 heterocycles. The van der Waals surface area contributed by atoms with Crippen LogP contribution in [0.1, 0.15) is 18.4 Å². The predicted molar refractivity (Wildman–Crippen MR) is 112 cm³/mol. The van der Waals surface area contributed by atoms with Gasteiger partial charge < -0.3 is 14.6 Å². The average molecular weight is 450 g/mol. The molecule has 158 valence electrons. The van der Waals surface area contributed by atoms with E-state index in [1.54, 1.807) is 48.5 Å². The first-order valence-corrected chi connectivity index (χ1v) is 10.8. The molecule has 0 unspecified atom stereocenters. The molecule has 1 atom stereocenters. The van der Waals surface area contributed by atoms with Crippen molar-refractivity contribution in [3.05, 3.63) is 65.0 Å². The number of nitrogens with zero attached hydrogens (tertiary/aromatic N) is 1. The normalized spacial score (nSPS) is 12.4. The van der Waals surface area contributed by atoms with E-state index in [9.17, 15) is 13.2 Å². The van der Waals surface area contributed by atoms with Gasteiger partial charge in [-0.1, -0.05) is 41.0 Å². The molecule has 1 amide bonds. The summed E-state index contributed by atoms with van der Waals surface area (Å²) in [6, 6.07) is 12.6. The van der Waals surface area contributed by atoms with Gasteiger partial charge in [-0.25, -0.2) is 8.42 Å². The summed E-state index contributed by atoms with van der Waals surface area (Å²) >= 11 is 6.13. The number of halogens is 1. The number of hydrogen-bond acceptors (Lipinski definition) is 6. The maximum Gasteiger partial charge on any atom is 0.246 e. The van der Waals surface area contributed by atoms with Crippen LogP contribution in [-0.2, 0) is 14.8 Å². The monoisotopic (exact) mass is 449 g/mol. The summed E-state index contributed by atoms with van der Waals surface area (Å²) < 4.78 is 38.3. The number of hydrogen-bond donors (Lipinski definition) is 2. The van der Waals surface area contributed by atoms with Crippen molar-refractivity contribution >= 4 is 33.2 Å². The molecule has 3 rings (SSSR count). The maximum absolute atomic E-state index is 12.6. The summed E-state index contributed by atoms with van der Waals surface area (Å²) in [4.78, 5) is 12.6. The SMILES string of the molecule is Cc1noc(C)c1S(=O)(=O)N[C@@H](C)C(=O)Nc1ccccc1Oc1ccccc1Cl. The van der Waals surface area contributed by atoms with E-state index in [4.69, 9.17) is 20.9 Å².